The van der Waals surface area contributed by atoms with Crippen LogP contribution in [0.3, 0.4) is 0 Å². The molecule has 0 aliphatic carbocycles. The number of aryl methyl sites for hydroxylation is 1. The molecule has 8 heteroatoms. The van der Waals surface area contributed by atoms with Crippen molar-refractivity contribution in [2.75, 3.05) is 5.32 Å². The first-order chi connectivity index (χ1) is 12.9. The lowest BCUT2D eigenvalue weighted by Gasteiger charge is -2.15. The first kappa shape index (κ1) is 19.8. The van der Waals surface area contributed by atoms with Gasteiger partial charge in [-0.25, -0.2) is 9.67 Å². The van der Waals surface area contributed by atoms with E-state index in [1.54, 1.807) is 10.9 Å². The Kier molecular flexibility index (Phi) is 6.11. The van der Waals surface area contributed by atoms with Crippen molar-refractivity contribution in [1.29, 1.82) is 0 Å². The minimum absolute atomic E-state index is 0.0736. The number of imidazole rings is 1. The van der Waals surface area contributed by atoms with E-state index in [-0.39, 0.29) is 17.2 Å². The van der Waals surface area contributed by atoms with Gasteiger partial charge in [-0.15, -0.1) is 0 Å². The molecule has 0 aliphatic rings. The van der Waals surface area contributed by atoms with Crippen molar-refractivity contribution in [1.82, 2.24) is 19.3 Å². The zero-order valence-electron chi connectivity index (χ0n) is 15.9. The number of carbonyl (C=O) groups is 1. The van der Waals surface area contributed by atoms with Gasteiger partial charge in [0.25, 0.3) is 0 Å². The molecule has 1 amide bonds. The number of amides is 1. The van der Waals surface area contributed by atoms with Crippen LogP contribution in [0.1, 0.15) is 40.2 Å². The number of hydrogen-bond acceptors (Lipinski definition) is 4. The monoisotopic (exact) mass is 405 g/mol. The largest absolute Gasteiger partial charge is 0.319 e. The highest BCUT2D eigenvalue weighted by molar-refractivity contribution is 8.00. The van der Waals surface area contributed by atoms with Gasteiger partial charge < -0.3 is 9.88 Å². The number of nitrogens with one attached hydrogen (secondary N) is 1. The van der Waals surface area contributed by atoms with Crippen LogP contribution in [-0.4, -0.2) is 30.5 Å². The van der Waals surface area contributed by atoms with Crippen LogP contribution in [0.5, 0.6) is 0 Å². The second-order valence-corrected chi connectivity index (χ2v) is 8.43. The third-order valence-corrected chi connectivity index (χ3v) is 5.51. The van der Waals surface area contributed by atoms with E-state index in [1.807, 2.05) is 45.0 Å². The number of carbonyl (C=O) groups excluding carboxylic acids is 1. The number of halogens is 1. The summed E-state index contributed by atoms with van der Waals surface area (Å²) in [4.78, 5) is 17.4. The van der Waals surface area contributed by atoms with Gasteiger partial charge in [-0.05, 0) is 45.4 Å². The Hall–Kier alpha value is -1.99. The molecule has 0 fully saturated rings. The summed E-state index contributed by atoms with van der Waals surface area (Å²) in [6.07, 6.45) is 2.67. The summed E-state index contributed by atoms with van der Waals surface area (Å²) in [5.41, 5.74) is 1.89. The van der Waals surface area contributed by atoms with Gasteiger partial charge in [0.1, 0.15) is 5.82 Å². The molecule has 2 aromatic heterocycles. The Bertz CT molecular complexity index is 949. The van der Waals surface area contributed by atoms with Crippen molar-refractivity contribution in [3.05, 3.63) is 35.5 Å². The summed E-state index contributed by atoms with van der Waals surface area (Å²) < 4.78 is 3.95. The number of aromatic nitrogens is 4. The van der Waals surface area contributed by atoms with E-state index in [2.05, 4.69) is 21.9 Å². The van der Waals surface area contributed by atoms with Crippen LogP contribution in [0.4, 0.5) is 5.82 Å². The maximum atomic E-state index is 12.7. The Balaban J connectivity index is 1.80. The molecule has 144 valence electrons. The fourth-order valence-electron chi connectivity index (χ4n) is 2.87. The lowest BCUT2D eigenvalue weighted by Crippen LogP contribution is -2.25. The van der Waals surface area contributed by atoms with Crippen molar-refractivity contribution in [2.45, 2.75) is 57.1 Å². The van der Waals surface area contributed by atoms with Gasteiger partial charge in [0, 0.05) is 23.7 Å². The maximum absolute atomic E-state index is 12.7. The van der Waals surface area contributed by atoms with Crippen LogP contribution in [0.25, 0.3) is 11.0 Å². The van der Waals surface area contributed by atoms with E-state index < -0.39 is 0 Å². The zero-order valence-corrected chi connectivity index (χ0v) is 17.5. The lowest BCUT2D eigenvalue weighted by atomic mass is 10.3. The van der Waals surface area contributed by atoms with Crippen LogP contribution in [0, 0.1) is 0 Å². The van der Waals surface area contributed by atoms with Crippen molar-refractivity contribution in [3.63, 3.8) is 0 Å². The normalized spacial score (nSPS) is 12.7. The highest BCUT2D eigenvalue weighted by atomic mass is 35.5. The number of thioether (sulfide) groups is 1. The topological polar surface area (TPSA) is 64.7 Å². The molecule has 1 aromatic carbocycles. The van der Waals surface area contributed by atoms with Gasteiger partial charge >= 0.3 is 0 Å². The average Bonchev–Trinajstić information content (AvgIpc) is 3.20. The SMILES string of the molecule is CCCn1c(SC(C)C(=O)Nc2ccnn2C(C)C)nc2cc(Cl)ccc21. The molecule has 2 heterocycles. The molecule has 0 saturated heterocycles. The molecule has 27 heavy (non-hydrogen) atoms. The summed E-state index contributed by atoms with van der Waals surface area (Å²) in [6, 6.07) is 7.70. The van der Waals surface area contributed by atoms with E-state index in [0.29, 0.717) is 10.8 Å². The fraction of sp³-hybridized carbons (Fsp3) is 0.421. The number of fused-ring (bicyclic) bond motifs is 1. The Morgan fingerprint density at radius 3 is 2.78 bits per heavy atom. The van der Waals surface area contributed by atoms with Crippen molar-refractivity contribution < 1.29 is 4.79 Å². The molecule has 3 rings (SSSR count). The van der Waals surface area contributed by atoms with Crippen molar-refractivity contribution >= 4 is 46.1 Å². The van der Waals surface area contributed by atoms with Crippen LogP contribution in [0.2, 0.25) is 5.02 Å². The first-order valence-corrected chi connectivity index (χ1v) is 10.3. The molecule has 3 aromatic rings. The maximum Gasteiger partial charge on any atom is 0.238 e. The molecule has 0 saturated carbocycles. The summed E-state index contributed by atoms with van der Waals surface area (Å²) in [6.45, 7) is 8.91. The average molecular weight is 406 g/mol. The molecule has 6 nitrogen and oxygen atoms in total. The molecule has 0 radical (unpaired) electrons. The van der Waals surface area contributed by atoms with Crippen LogP contribution >= 0.6 is 23.4 Å². The van der Waals surface area contributed by atoms with E-state index in [1.165, 1.54) is 11.8 Å². The van der Waals surface area contributed by atoms with Gasteiger partial charge in [-0.3, -0.25) is 4.79 Å². The van der Waals surface area contributed by atoms with Gasteiger partial charge in [0.15, 0.2) is 5.16 Å². The summed E-state index contributed by atoms with van der Waals surface area (Å²) in [5, 5.41) is 8.41. The molecule has 0 spiro atoms. The van der Waals surface area contributed by atoms with Crippen LogP contribution in [0.15, 0.2) is 35.6 Å². The molecule has 0 aliphatic heterocycles. The Labute approximate surface area is 168 Å². The van der Waals surface area contributed by atoms with Crippen molar-refractivity contribution in [2.24, 2.45) is 0 Å². The predicted molar refractivity (Wildman–Crippen MR) is 112 cm³/mol. The fourth-order valence-corrected chi connectivity index (χ4v) is 3.99. The molecule has 0 bridgehead atoms. The predicted octanol–water partition coefficient (Wildman–Crippen LogP) is 5.00. The van der Waals surface area contributed by atoms with Gasteiger partial charge in [0.05, 0.1) is 22.5 Å². The second kappa shape index (κ2) is 8.35. The first-order valence-electron chi connectivity index (χ1n) is 9.07. The van der Waals surface area contributed by atoms with E-state index in [0.717, 1.165) is 29.2 Å². The molecule has 1 unspecified atom stereocenters. The highest BCUT2D eigenvalue weighted by Gasteiger charge is 2.21. The van der Waals surface area contributed by atoms with E-state index in [9.17, 15) is 4.79 Å². The summed E-state index contributed by atoms with van der Waals surface area (Å²) in [7, 11) is 0. The van der Waals surface area contributed by atoms with Gasteiger partial charge in [-0.2, -0.15) is 5.10 Å². The standard InChI is InChI=1S/C19H24ClN5OS/c1-5-10-24-16-7-6-14(20)11-15(16)22-19(24)27-13(4)18(26)23-17-8-9-21-25(17)12(2)3/h6-9,11-13H,5,10H2,1-4H3,(H,23,26). The molecule has 1 N–H and O–H groups in total. The third kappa shape index (κ3) is 4.30. The molecule has 1 atom stereocenters. The second-order valence-electron chi connectivity index (χ2n) is 6.68. The van der Waals surface area contributed by atoms with Crippen LogP contribution < -0.4 is 5.32 Å². The zero-order chi connectivity index (χ0) is 19.6. The van der Waals surface area contributed by atoms with Gasteiger partial charge in [0.2, 0.25) is 5.91 Å². The van der Waals surface area contributed by atoms with E-state index in [4.69, 9.17) is 16.6 Å². The number of benzene rings is 1. The minimum atomic E-state index is -0.302. The number of nitrogens with zero attached hydrogens (tertiary/aromatic N) is 4. The van der Waals surface area contributed by atoms with Crippen molar-refractivity contribution in [3.8, 4) is 0 Å². The summed E-state index contributed by atoms with van der Waals surface area (Å²) >= 11 is 7.56. The van der Waals surface area contributed by atoms with E-state index >= 15 is 0 Å². The van der Waals surface area contributed by atoms with Gasteiger partial charge in [-0.1, -0.05) is 30.3 Å². The minimum Gasteiger partial charge on any atom is -0.319 e. The summed E-state index contributed by atoms with van der Waals surface area (Å²) in [5.74, 6) is 0.631. The molecular weight excluding hydrogens is 382 g/mol. The lowest BCUT2D eigenvalue weighted by molar-refractivity contribution is -0.115. The molecular formula is C19H24ClN5OS. The smallest absolute Gasteiger partial charge is 0.238 e. The number of rotatable bonds is 7. The number of hydrogen-bond donors (Lipinski definition) is 1. The quantitative estimate of drug-likeness (QED) is 0.562. The number of anilines is 1. The highest BCUT2D eigenvalue weighted by Crippen LogP contribution is 2.29. The Morgan fingerprint density at radius 2 is 2.07 bits per heavy atom. The third-order valence-electron chi connectivity index (χ3n) is 4.18. The van der Waals surface area contributed by atoms with Crippen LogP contribution in [-0.2, 0) is 11.3 Å². The Morgan fingerprint density at radius 1 is 1.30 bits per heavy atom.